The monoisotopic (exact) mass is 363 g/mol. The minimum atomic E-state index is -0.715. The lowest BCUT2D eigenvalue weighted by molar-refractivity contribution is -0.127. The van der Waals surface area contributed by atoms with Crippen molar-refractivity contribution in [2.45, 2.75) is 26.4 Å². The van der Waals surface area contributed by atoms with E-state index in [4.69, 9.17) is 4.42 Å². The Hall–Kier alpha value is -2.61. The summed E-state index contributed by atoms with van der Waals surface area (Å²) in [6.45, 7) is 3.74. The Morgan fingerprint density at radius 1 is 1.16 bits per heavy atom. The maximum atomic E-state index is 12.3. The van der Waals surface area contributed by atoms with Gasteiger partial charge in [0.15, 0.2) is 0 Å². The van der Waals surface area contributed by atoms with E-state index in [1.54, 1.807) is 29.6 Å². The average molecular weight is 363 g/mol. The molecule has 134 valence electrons. The van der Waals surface area contributed by atoms with Crippen LogP contribution in [0.15, 0.2) is 40.3 Å². The van der Waals surface area contributed by atoms with Gasteiger partial charge in [-0.2, -0.15) is 0 Å². The van der Waals surface area contributed by atoms with Crippen LogP contribution >= 0.6 is 11.3 Å². The molecule has 1 unspecified atom stereocenters. The van der Waals surface area contributed by atoms with Crippen molar-refractivity contribution in [2.75, 3.05) is 6.54 Å². The molecule has 7 nitrogen and oxygen atoms in total. The van der Waals surface area contributed by atoms with Crippen molar-refractivity contribution >= 4 is 29.1 Å². The Kier molecular flexibility index (Phi) is 6.76. The Balaban J connectivity index is 1.81. The van der Waals surface area contributed by atoms with E-state index in [-0.39, 0.29) is 30.8 Å². The largest absolute Gasteiger partial charge is 0.467 e. The van der Waals surface area contributed by atoms with Crippen LogP contribution in [0.2, 0.25) is 0 Å². The predicted molar refractivity (Wildman–Crippen MR) is 94.0 cm³/mol. The van der Waals surface area contributed by atoms with E-state index < -0.39 is 11.9 Å². The second-order valence-corrected chi connectivity index (χ2v) is 6.69. The van der Waals surface area contributed by atoms with E-state index in [2.05, 4.69) is 16.0 Å². The topological polar surface area (TPSA) is 100 Å². The van der Waals surface area contributed by atoms with Crippen molar-refractivity contribution in [1.82, 2.24) is 16.0 Å². The second kappa shape index (κ2) is 9.03. The van der Waals surface area contributed by atoms with Crippen molar-refractivity contribution in [3.63, 3.8) is 0 Å². The number of hydrogen-bond acceptors (Lipinski definition) is 5. The molecule has 2 heterocycles. The molecule has 0 saturated carbocycles. The summed E-state index contributed by atoms with van der Waals surface area (Å²) >= 11 is 1.30. The first kappa shape index (κ1) is 18.7. The van der Waals surface area contributed by atoms with Gasteiger partial charge in [0.05, 0.1) is 24.2 Å². The standard InChI is InChI=1S/C17H21N3O4S/c1-11(2)15(20-16(22)13-6-4-8-25-13)17(23)19-10-14(21)18-9-12-5-3-7-24-12/h3-8,11,15H,9-10H2,1-2H3,(H,18,21)(H,19,23)(H,20,22). The van der Waals surface area contributed by atoms with Crippen molar-refractivity contribution < 1.29 is 18.8 Å². The summed E-state index contributed by atoms with van der Waals surface area (Å²) in [5.41, 5.74) is 0. The van der Waals surface area contributed by atoms with E-state index in [1.807, 2.05) is 13.8 Å². The molecule has 2 aromatic heterocycles. The number of furan rings is 1. The van der Waals surface area contributed by atoms with Crippen LogP contribution in [0, 0.1) is 5.92 Å². The minimum Gasteiger partial charge on any atom is -0.467 e. The zero-order valence-corrected chi connectivity index (χ0v) is 14.9. The second-order valence-electron chi connectivity index (χ2n) is 5.75. The number of amides is 3. The van der Waals surface area contributed by atoms with Gasteiger partial charge in [-0.15, -0.1) is 11.3 Å². The third-order valence-electron chi connectivity index (χ3n) is 3.44. The molecule has 0 saturated heterocycles. The summed E-state index contributed by atoms with van der Waals surface area (Å²) in [5, 5.41) is 9.69. The molecule has 3 amide bonds. The van der Waals surface area contributed by atoms with Crippen LogP contribution in [-0.2, 0) is 16.1 Å². The third-order valence-corrected chi connectivity index (χ3v) is 4.31. The molecule has 1 atom stereocenters. The van der Waals surface area contributed by atoms with E-state index in [0.29, 0.717) is 10.6 Å². The molecule has 0 radical (unpaired) electrons. The third kappa shape index (κ3) is 5.75. The van der Waals surface area contributed by atoms with Gasteiger partial charge in [0, 0.05) is 0 Å². The van der Waals surface area contributed by atoms with Crippen molar-refractivity contribution in [3.8, 4) is 0 Å². The molecule has 0 aliphatic heterocycles. The van der Waals surface area contributed by atoms with Gasteiger partial charge in [-0.25, -0.2) is 0 Å². The lowest BCUT2D eigenvalue weighted by Gasteiger charge is -2.21. The van der Waals surface area contributed by atoms with Crippen LogP contribution in [0.1, 0.15) is 29.3 Å². The molecular weight excluding hydrogens is 342 g/mol. The molecule has 8 heteroatoms. The molecule has 0 bridgehead atoms. The Bertz CT molecular complexity index is 696. The van der Waals surface area contributed by atoms with Gasteiger partial charge in [-0.3, -0.25) is 14.4 Å². The molecular formula is C17H21N3O4S. The first-order valence-corrected chi connectivity index (χ1v) is 8.76. The Morgan fingerprint density at radius 2 is 1.96 bits per heavy atom. The first-order valence-electron chi connectivity index (χ1n) is 7.88. The van der Waals surface area contributed by atoms with Gasteiger partial charge >= 0.3 is 0 Å². The minimum absolute atomic E-state index is 0.116. The van der Waals surface area contributed by atoms with Gasteiger partial charge in [-0.05, 0) is 29.5 Å². The van der Waals surface area contributed by atoms with E-state index in [0.717, 1.165) is 0 Å². The van der Waals surface area contributed by atoms with Crippen LogP contribution in [0.25, 0.3) is 0 Å². The van der Waals surface area contributed by atoms with Crippen molar-refractivity contribution in [1.29, 1.82) is 0 Å². The number of carbonyl (C=O) groups excluding carboxylic acids is 3. The van der Waals surface area contributed by atoms with Crippen LogP contribution in [0.4, 0.5) is 0 Å². The molecule has 0 fully saturated rings. The molecule has 25 heavy (non-hydrogen) atoms. The van der Waals surface area contributed by atoms with E-state index in [9.17, 15) is 14.4 Å². The van der Waals surface area contributed by atoms with Crippen LogP contribution in [0.3, 0.4) is 0 Å². The number of hydrogen-bond donors (Lipinski definition) is 3. The van der Waals surface area contributed by atoms with Gasteiger partial charge in [0.1, 0.15) is 11.8 Å². The maximum absolute atomic E-state index is 12.3. The van der Waals surface area contributed by atoms with Gasteiger partial charge < -0.3 is 20.4 Å². The quantitative estimate of drug-likeness (QED) is 0.662. The predicted octanol–water partition coefficient (Wildman–Crippen LogP) is 1.53. The summed E-state index contributed by atoms with van der Waals surface area (Å²) in [6, 6.07) is 6.22. The highest BCUT2D eigenvalue weighted by molar-refractivity contribution is 7.12. The molecule has 2 rings (SSSR count). The molecule has 0 aliphatic rings. The van der Waals surface area contributed by atoms with Crippen molar-refractivity contribution in [2.24, 2.45) is 5.92 Å². The fourth-order valence-corrected chi connectivity index (χ4v) is 2.72. The Morgan fingerprint density at radius 3 is 2.56 bits per heavy atom. The highest BCUT2D eigenvalue weighted by Crippen LogP contribution is 2.10. The van der Waals surface area contributed by atoms with E-state index >= 15 is 0 Å². The average Bonchev–Trinajstić information content (AvgIpc) is 3.28. The fraction of sp³-hybridized carbons (Fsp3) is 0.353. The van der Waals surface area contributed by atoms with Crippen LogP contribution < -0.4 is 16.0 Å². The summed E-state index contributed by atoms with van der Waals surface area (Å²) in [7, 11) is 0. The molecule has 0 aromatic carbocycles. The van der Waals surface area contributed by atoms with Gasteiger partial charge in [-0.1, -0.05) is 19.9 Å². The van der Waals surface area contributed by atoms with Crippen molar-refractivity contribution in [3.05, 3.63) is 46.5 Å². The van der Waals surface area contributed by atoms with Crippen LogP contribution in [-0.4, -0.2) is 30.3 Å². The normalized spacial score (nSPS) is 11.8. The number of nitrogens with one attached hydrogen (secondary N) is 3. The highest BCUT2D eigenvalue weighted by Gasteiger charge is 2.25. The fourth-order valence-electron chi connectivity index (χ4n) is 2.09. The summed E-state index contributed by atoms with van der Waals surface area (Å²) in [6.07, 6.45) is 1.52. The summed E-state index contributed by atoms with van der Waals surface area (Å²) in [4.78, 5) is 36.8. The van der Waals surface area contributed by atoms with E-state index in [1.165, 1.54) is 17.6 Å². The van der Waals surface area contributed by atoms with Gasteiger partial charge in [0.25, 0.3) is 5.91 Å². The highest BCUT2D eigenvalue weighted by atomic mass is 32.1. The number of thiophene rings is 1. The lowest BCUT2D eigenvalue weighted by atomic mass is 10.0. The molecule has 2 aromatic rings. The molecule has 3 N–H and O–H groups in total. The summed E-state index contributed by atoms with van der Waals surface area (Å²) < 4.78 is 5.11. The zero-order valence-electron chi connectivity index (χ0n) is 14.1. The van der Waals surface area contributed by atoms with Gasteiger partial charge in [0.2, 0.25) is 11.8 Å². The zero-order chi connectivity index (χ0) is 18.2. The molecule has 0 spiro atoms. The molecule has 0 aliphatic carbocycles. The SMILES string of the molecule is CC(C)C(NC(=O)c1cccs1)C(=O)NCC(=O)NCc1ccco1. The first-order chi connectivity index (χ1) is 12.0. The van der Waals surface area contributed by atoms with Crippen LogP contribution in [0.5, 0.6) is 0 Å². The lowest BCUT2D eigenvalue weighted by Crippen LogP contribution is -2.51. The Labute approximate surface area is 149 Å². The maximum Gasteiger partial charge on any atom is 0.262 e. The smallest absolute Gasteiger partial charge is 0.262 e. The summed E-state index contributed by atoms with van der Waals surface area (Å²) in [5.74, 6) is -0.519. The number of carbonyl (C=O) groups is 3. The number of rotatable bonds is 8.